The highest BCUT2D eigenvalue weighted by Gasteiger charge is 2.23. The number of methoxy groups -OCH3 is 1. The van der Waals surface area contributed by atoms with E-state index in [4.69, 9.17) is 39.5 Å². The summed E-state index contributed by atoms with van der Waals surface area (Å²) in [5.74, 6) is -0.718. The summed E-state index contributed by atoms with van der Waals surface area (Å²) in [6.07, 6.45) is 1.39. The smallest absolute Gasteiger partial charge is 0.317 e. The molecule has 9 nitrogen and oxygen atoms in total. The van der Waals surface area contributed by atoms with Crippen LogP contribution in [0.25, 0.3) is 0 Å². The molecule has 13 heteroatoms. The van der Waals surface area contributed by atoms with E-state index >= 15 is 0 Å². The third-order valence-corrected chi connectivity index (χ3v) is 7.01. The molecule has 0 radical (unpaired) electrons. The van der Waals surface area contributed by atoms with Crippen LogP contribution in [0.1, 0.15) is 32.5 Å². The number of carbonyl (C=O) groups excluding carboxylic acids is 3. The Morgan fingerprint density at radius 2 is 1.83 bits per heavy atom. The van der Waals surface area contributed by atoms with Crippen molar-refractivity contribution in [1.82, 2.24) is 15.2 Å². The fourth-order valence-corrected chi connectivity index (χ4v) is 4.54. The zero-order chi connectivity index (χ0) is 26.4. The van der Waals surface area contributed by atoms with E-state index in [0.29, 0.717) is 17.1 Å². The van der Waals surface area contributed by atoms with Crippen molar-refractivity contribution in [3.8, 4) is 5.75 Å². The number of nitrogens with one attached hydrogen (secondary N) is 3. The summed E-state index contributed by atoms with van der Waals surface area (Å²) in [6.45, 7) is 2.55. The van der Waals surface area contributed by atoms with Gasteiger partial charge in [-0.25, -0.2) is 9.78 Å². The molecule has 0 saturated carbocycles. The molecule has 3 rings (SSSR count). The first-order valence-corrected chi connectivity index (χ1v) is 12.5. The Kier molecular flexibility index (Phi) is 9.38. The summed E-state index contributed by atoms with van der Waals surface area (Å²) in [4.78, 5) is 43.9. The minimum atomic E-state index is -0.582. The minimum absolute atomic E-state index is 0.0484. The summed E-state index contributed by atoms with van der Waals surface area (Å²) in [7, 11) is 3.05. The van der Waals surface area contributed by atoms with Crippen LogP contribution < -0.4 is 20.7 Å². The summed E-state index contributed by atoms with van der Waals surface area (Å²) < 4.78 is 5.36. The SMILES string of the molecule is CCN(C)C(=O)NCc1csc(C(=O)Nc2c(OC)cc(Cl)cc2C(=O)Nc2ccc(Cl)cn2)c1Cl. The van der Waals surface area contributed by atoms with E-state index in [2.05, 4.69) is 20.9 Å². The van der Waals surface area contributed by atoms with Crippen molar-refractivity contribution in [2.45, 2.75) is 13.5 Å². The number of thiophene rings is 1. The summed E-state index contributed by atoms with van der Waals surface area (Å²) in [5.41, 5.74) is 0.731. The standard InChI is InChI=1S/C23H22Cl3N5O4S/c1-4-31(2)23(34)28-9-12-11-36-20(18(12)26)22(33)30-19-15(7-14(25)8-16(19)35-3)21(32)29-17-6-5-13(24)10-27-17/h5-8,10-11H,4,9H2,1-3H3,(H,28,34)(H,30,33)(H,27,29,32). The van der Waals surface area contributed by atoms with Crippen LogP contribution in [0.3, 0.4) is 0 Å². The van der Waals surface area contributed by atoms with E-state index in [1.54, 1.807) is 18.5 Å². The number of hydrogen-bond donors (Lipinski definition) is 3. The van der Waals surface area contributed by atoms with Crippen LogP contribution in [0.4, 0.5) is 16.3 Å². The normalized spacial score (nSPS) is 10.5. The van der Waals surface area contributed by atoms with Crippen molar-refractivity contribution in [1.29, 1.82) is 0 Å². The van der Waals surface area contributed by atoms with Crippen molar-refractivity contribution >= 4 is 75.5 Å². The van der Waals surface area contributed by atoms with Crippen LogP contribution in [0.5, 0.6) is 5.75 Å². The number of aromatic nitrogens is 1. The summed E-state index contributed by atoms with van der Waals surface area (Å²) in [5, 5.41) is 10.6. The maximum atomic E-state index is 13.1. The molecule has 4 amide bonds. The predicted octanol–water partition coefficient (Wildman–Crippen LogP) is 5.78. The first kappa shape index (κ1) is 27.5. The van der Waals surface area contributed by atoms with Gasteiger partial charge in [-0.05, 0) is 30.5 Å². The lowest BCUT2D eigenvalue weighted by Crippen LogP contribution is -2.36. The average molecular weight is 571 g/mol. The molecule has 2 aromatic heterocycles. The summed E-state index contributed by atoms with van der Waals surface area (Å²) >= 11 is 19.6. The van der Waals surface area contributed by atoms with Crippen molar-refractivity contribution in [2.75, 3.05) is 31.3 Å². The molecule has 0 aliphatic rings. The van der Waals surface area contributed by atoms with Crippen LogP contribution >= 0.6 is 46.1 Å². The molecule has 2 heterocycles. The zero-order valence-electron chi connectivity index (χ0n) is 19.4. The minimum Gasteiger partial charge on any atom is -0.494 e. The molecule has 1 aromatic carbocycles. The van der Waals surface area contributed by atoms with Crippen LogP contribution in [0, 0.1) is 0 Å². The molecule has 0 atom stereocenters. The Balaban J connectivity index is 1.84. The van der Waals surface area contributed by atoms with Gasteiger partial charge >= 0.3 is 6.03 Å². The van der Waals surface area contributed by atoms with Crippen LogP contribution in [0.15, 0.2) is 35.8 Å². The lowest BCUT2D eigenvalue weighted by Gasteiger charge is -2.16. The number of urea groups is 1. The fourth-order valence-electron chi connectivity index (χ4n) is 2.96. The van der Waals surface area contributed by atoms with E-state index in [1.807, 2.05) is 6.92 Å². The Morgan fingerprint density at radius 1 is 1.08 bits per heavy atom. The second-order valence-corrected chi connectivity index (χ2v) is 9.51. The number of pyridine rings is 1. The van der Waals surface area contributed by atoms with Gasteiger partial charge in [0.05, 0.1) is 28.4 Å². The molecule has 0 fully saturated rings. The quantitative estimate of drug-likeness (QED) is 0.318. The number of nitrogens with zero attached hydrogens (tertiary/aromatic N) is 2. The third-order valence-electron chi connectivity index (χ3n) is 5.00. The van der Waals surface area contributed by atoms with Gasteiger partial charge in [0.2, 0.25) is 0 Å². The lowest BCUT2D eigenvalue weighted by molar-refractivity contribution is 0.102. The summed E-state index contributed by atoms with van der Waals surface area (Å²) in [6, 6.07) is 5.71. The molecule has 3 N–H and O–H groups in total. The Labute approximate surface area is 226 Å². The number of amides is 4. The van der Waals surface area contributed by atoms with Gasteiger partial charge in [-0.3, -0.25) is 9.59 Å². The largest absolute Gasteiger partial charge is 0.494 e. The van der Waals surface area contributed by atoms with Gasteiger partial charge in [-0.15, -0.1) is 11.3 Å². The van der Waals surface area contributed by atoms with E-state index in [9.17, 15) is 14.4 Å². The van der Waals surface area contributed by atoms with E-state index < -0.39 is 11.8 Å². The molecule has 3 aromatic rings. The maximum absolute atomic E-state index is 13.1. The number of halogens is 3. The van der Waals surface area contributed by atoms with Crippen molar-refractivity contribution in [2.24, 2.45) is 0 Å². The zero-order valence-corrected chi connectivity index (χ0v) is 22.5. The van der Waals surface area contributed by atoms with Crippen molar-refractivity contribution < 1.29 is 19.1 Å². The fraction of sp³-hybridized carbons (Fsp3) is 0.217. The van der Waals surface area contributed by atoms with Gasteiger partial charge in [-0.2, -0.15) is 0 Å². The average Bonchev–Trinajstić information content (AvgIpc) is 3.24. The first-order chi connectivity index (χ1) is 17.1. The molecule has 36 heavy (non-hydrogen) atoms. The number of hydrogen-bond acceptors (Lipinski definition) is 6. The van der Waals surface area contributed by atoms with Gasteiger partial charge in [0.25, 0.3) is 11.8 Å². The molecule has 0 bridgehead atoms. The highest BCUT2D eigenvalue weighted by atomic mass is 35.5. The number of ether oxygens (including phenoxy) is 1. The number of carbonyl (C=O) groups is 3. The predicted molar refractivity (Wildman–Crippen MR) is 143 cm³/mol. The monoisotopic (exact) mass is 569 g/mol. The number of rotatable bonds is 8. The molecular weight excluding hydrogens is 549 g/mol. The second kappa shape index (κ2) is 12.3. The second-order valence-electron chi connectivity index (χ2n) is 7.38. The van der Waals surface area contributed by atoms with Crippen molar-refractivity contribution in [3.63, 3.8) is 0 Å². The highest BCUT2D eigenvalue weighted by Crippen LogP contribution is 2.35. The molecule has 0 spiro atoms. The molecular formula is C23H22Cl3N5O4S. The molecule has 0 aliphatic heterocycles. The van der Waals surface area contributed by atoms with Crippen LogP contribution in [0.2, 0.25) is 15.1 Å². The van der Waals surface area contributed by atoms with Gasteiger partial charge in [0.15, 0.2) is 0 Å². The Bertz CT molecular complexity index is 1280. The van der Waals surface area contributed by atoms with E-state index in [0.717, 1.165) is 11.3 Å². The molecule has 0 saturated heterocycles. The number of anilines is 2. The van der Waals surface area contributed by atoms with Gasteiger partial charge < -0.3 is 25.6 Å². The first-order valence-electron chi connectivity index (χ1n) is 10.5. The van der Waals surface area contributed by atoms with Crippen LogP contribution in [-0.2, 0) is 6.54 Å². The number of benzene rings is 1. The van der Waals surface area contributed by atoms with Crippen LogP contribution in [-0.4, -0.2) is 48.4 Å². The maximum Gasteiger partial charge on any atom is 0.317 e. The van der Waals surface area contributed by atoms with E-state index in [1.165, 1.54) is 36.4 Å². The topological polar surface area (TPSA) is 113 Å². The molecule has 190 valence electrons. The van der Waals surface area contributed by atoms with Gasteiger partial charge in [0, 0.05) is 43.0 Å². The molecule has 0 unspecified atom stereocenters. The Morgan fingerprint density at radius 3 is 2.47 bits per heavy atom. The van der Waals surface area contributed by atoms with Gasteiger partial charge in [-0.1, -0.05) is 34.8 Å². The Hall–Kier alpha value is -3.05. The van der Waals surface area contributed by atoms with E-state index in [-0.39, 0.29) is 50.3 Å². The molecule has 0 aliphatic carbocycles. The lowest BCUT2D eigenvalue weighted by atomic mass is 10.1. The van der Waals surface area contributed by atoms with Gasteiger partial charge in [0.1, 0.15) is 16.4 Å². The van der Waals surface area contributed by atoms with Crippen molar-refractivity contribution in [3.05, 3.63) is 66.9 Å². The third kappa shape index (κ3) is 6.58. The highest BCUT2D eigenvalue weighted by molar-refractivity contribution is 7.13.